The number of aryl methyl sites for hydroxylation is 1. The second-order valence-corrected chi connectivity index (χ2v) is 3.77. The van der Waals surface area contributed by atoms with Gasteiger partial charge in [0.1, 0.15) is 0 Å². The molecule has 2 aromatic heterocycles. The van der Waals surface area contributed by atoms with Crippen LogP contribution in [0.4, 0.5) is 0 Å². The van der Waals surface area contributed by atoms with Gasteiger partial charge in [0.2, 0.25) is 5.88 Å². The number of nitrogens with zero attached hydrogens (tertiary/aromatic N) is 3. The van der Waals surface area contributed by atoms with Crippen LogP contribution in [0.15, 0.2) is 30.6 Å². The molecule has 0 fully saturated rings. The molecule has 1 atom stereocenters. The largest absolute Gasteiger partial charge is 0.481 e. The molecule has 0 saturated heterocycles. The first kappa shape index (κ1) is 12.5. The summed E-state index contributed by atoms with van der Waals surface area (Å²) in [6, 6.07) is 5.52. The van der Waals surface area contributed by atoms with Crippen LogP contribution in [0.5, 0.6) is 5.88 Å². The number of hydrogen-bond acceptors (Lipinski definition) is 5. The van der Waals surface area contributed by atoms with Crippen molar-refractivity contribution in [1.82, 2.24) is 20.2 Å². The molecule has 0 aliphatic heterocycles. The van der Waals surface area contributed by atoms with Crippen LogP contribution in [0.3, 0.4) is 0 Å². The van der Waals surface area contributed by atoms with E-state index in [1.807, 2.05) is 29.8 Å². The Morgan fingerprint density at radius 2 is 2.28 bits per heavy atom. The third-order valence-electron chi connectivity index (χ3n) is 2.82. The van der Waals surface area contributed by atoms with Gasteiger partial charge in [0.25, 0.3) is 0 Å². The van der Waals surface area contributed by atoms with Crippen LogP contribution in [-0.2, 0) is 6.54 Å². The molecule has 0 amide bonds. The van der Waals surface area contributed by atoms with Crippen molar-refractivity contribution in [2.75, 3.05) is 7.11 Å². The minimum Gasteiger partial charge on any atom is -0.481 e. The molecule has 6 nitrogen and oxygen atoms in total. The summed E-state index contributed by atoms with van der Waals surface area (Å²) in [7, 11) is 1.59. The van der Waals surface area contributed by atoms with Crippen molar-refractivity contribution >= 4 is 0 Å². The minimum absolute atomic E-state index is 0.198. The first-order valence-electron chi connectivity index (χ1n) is 5.78. The first-order chi connectivity index (χ1) is 8.81. The zero-order chi connectivity index (χ0) is 13.0. The van der Waals surface area contributed by atoms with Gasteiger partial charge in [0.05, 0.1) is 18.8 Å². The molecule has 0 spiro atoms. The van der Waals surface area contributed by atoms with Crippen molar-refractivity contribution in [1.29, 1.82) is 0 Å². The summed E-state index contributed by atoms with van der Waals surface area (Å²) < 4.78 is 7.15. The van der Waals surface area contributed by atoms with Gasteiger partial charge in [-0.3, -0.25) is 10.5 Å². The Morgan fingerprint density at radius 3 is 2.94 bits per heavy atom. The van der Waals surface area contributed by atoms with Gasteiger partial charge < -0.3 is 4.74 Å². The van der Waals surface area contributed by atoms with Crippen LogP contribution in [0, 0.1) is 0 Å². The fourth-order valence-corrected chi connectivity index (χ4v) is 1.98. The molecule has 0 saturated carbocycles. The van der Waals surface area contributed by atoms with Gasteiger partial charge in [0, 0.05) is 24.5 Å². The summed E-state index contributed by atoms with van der Waals surface area (Å²) in [4.78, 5) is 4.18. The van der Waals surface area contributed by atoms with Gasteiger partial charge in [0.15, 0.2) is 0 Å². The molecular formula is C12H17N5O. The third-order valence-corrected chi connectivity index (χ3v) is 2.82. The van der Waals surface area contributed by atoms with E-state index < -0.39 is 0 Å². The van der Waals surface area contributed by atoms with Crippen molar-refractivity contribution in [2.45, 2.75) is 19.5 Å². The molecule has 96 valence electrons. The number of aromatic nitrogens is 3. The summed E-state index contributed by atoms with van der Waals surface area (Å²) in [5.74, 6) is 6.23. The smallest absolute Gasteiger partial charge is 0.218 e. The van der Waals surface area contributed by atoms with Crippen LogP contribution in [0.25, 0.3) is 0 Å². The number of hydrazine groups is 1. The highest BCUT2D eigenvalue weighted by Gasteiger charge is 2.20. The fourth-order valence-electron chi connectivity index (χ4n) is 1.98. The Morgan fingerprint density at radius 1 is 1.44 bits per heavy atom. The van der Waals surface area contributed by atoms with E-state index in [9.17, 15) is 0 Å². The summed E-state index contributed by atoms with van der Waals surface area (Å²) in [6.07, 6.45) is 3.44. The number of nitrogens with one attached hydrogen (secondary N) is 1. The number of hydrogen-bond donors (Lipinski definition) is 2. The number of nitrogens with two attached hydrogens (primary N) is 1. The Kier molecular flexibility index (Phi) is 3.91. The quantitative estimate of drug-likeness (QED) is 0.605. The molecular weight excluding hydrogens is 230 g/mol. The lowest BCUT2D eigenvalue weighted by Crippen LogP contribution is -2.31. The molecule has 0 bridgehead atoms. The second-order valence-electron chi connectivity index (χ2n) is 3.77. The van der Waals surface area contributed by atoms with E-state index in [1.54, 1.807) is 19.5 Å². The maximum Gasteiger partial charge on any atom is 0.218 e. The number of pyridine rings is 1. The van der Waals surface area contributed by atoms with Crippen molar-refractivity contribution in [3.05, 3.63) is 41.9 Å². The maximum absolute atomic E-state index is 5.67. The maximum atomic E-state index is 5.67. The fraction of sp³-hybridized carbons (Fsp3) is 0.333. The van der Waals surface area contributed by atoms with Gasteiger partial charge >= 0.3 is 0 Å². The van der Waals surface area contributed by atoms with Gasteiger partial charge in [-0.15, -0.1) is 0 Å². The SMILES string of the molecule is CCn1nccc1C(NN)c1cccnc1OC. The standard InChI is InChI=1S/C12H17N5O/c1-3-17-10(6-8-15-17)11(16-13)9-5-4-7-14-12(9)18-2/h4-8,11,16H,3,13H2,1-2H3. The zero-order valence-electron chi connectivity index (χ0n) is 10.5. The zero-order valence-corrected chi connectivity index (χ0v) is 10.5. The van der Waals surface area contributed by atoms with Gasteiger partial charge in [-0.05, 0) is 19.1 Å². The van der Waals surface area contributed by atoms with Crippen LogP contribution in [0.2, 0.25) is 0 Å². The molecule has 0 aliphatic carbocycles. The normalized spacial score (nSPS) is 12.4. The van der Waals surface area contributed by atoms with Crippen molar-refractivity contribution in [3.63, 3.8) is 0 Å². The number of methoxy groups -OCH3 is 1. The predicted molar refractivity (Wildman–Crippen MR) is 67.9 cm³/mol. The van der Waals surface area contributed by atoms with Gasteiger partial charge in [-0.2, -0.15) is 5.10 Å². The average molecular weight is 247 g/mol. The second kappa shape index (κ2) is 5.61. The van der Waals surface area contributed by atoms with Crippen LogP contribution in [-0.4, -0.2) is 21.9 Å². The minimum atomic E-state index is -0.198. The lowest BCUT2D eigenvalue weighted by molar-refractivity contribution is 0.385. The van der Waals surface area contributed by atoms with E-state index in [0.29, 0.717) is 5.88 Å². The van der Waals surface area contributed by atoms with Gasteiger partial charge in [-0.1, -0.05) is 6.07 Å². The van der Waals surface area contributed by atoms with E-state index in [-0.39, 0.29) is 6.04 Å². The Bertz CT molecular complexity index is 511. The van der Waals surface area contributed by atoms with Crippen LogP contribution in [0.1, 0.15) is 24.2 Å². The van der Waals surface area contributed by atoms with Crippen LogP contribution < -0.4 is 16.0 Å². The molecule has 0 aromatic carbocycles. The van der Waals surface area contributed by atoms with Gasteiger partial charge in [-0.25, -0.2) is 10.4 Å². The summed E-state index contributed by atoms with van der Waals surface area (Å²) >= 11 is 0. The van der Waals surface area contributed by atoms with Crippen molar-refractivity contribution in [2.24, 2.45) is 5.84 Å². The molecule has 1 unspecified atom stereocenters. The third kappa shape index (κ3) is 2.20. The first-order valence-corrected chi connectivity index (χ1v) is 5.78. The lowest BCUT2D eigenvalue weighted by Gasteiger charge is -2.19. The average Bonchev–Trinajstić information content (AvgIpc) is 2.88. The summed E-state index contributed by atoms with van der Waals surface area (Å²) in [5.41, 5.74) is 4.65. The molecule has 3 N–H and O–H groups in total. The molecule has 2 rings (SSSR count). The molecule has 2 aromatic rings. The Balaban J connectivity index is 2.45. The van der Waals surface area contributed by atoms with E-state index in [4.69, 9.17) is 10.6 Å². The predicted octanol–water partition coefficient (Wildman–Crippen LogP) is 0.859. The lowest BCUT2D eigenvalue weighted by atomic mass is 10.1. The molecule has 0 aliphatic rings. The molecule has 0 radical (unpaired) electrons. The molecule has 2 heterocycles. The highest BCUT2D eigenvalue weighted by molar-refractivity contribution is 5.34. The Labute approximate surface area is 106 Å². The number of ether oxygens (including phenoxy) is 1. The van der Waals surface area contributed by atoms with Crippen LogP contribution >= 0.6 is 0 Å². The number of rotatable bonds is 5. The summed E-state index contributed by atoms with van der Waals surface area (Å²) in [5, 5.41) is 4.24. The molecule has 6 heteroatoms. The highest BCUT2D eigenvalue weighted by Crippen LogP contribution is 2.27. The highest BCUT2D eigenvalue weighted by atomic mass is 16.5. The van der Waals surface area contributed by atoms with E-state index in [0.717, 1.165) is 17.8 Å². The summed E-state index contributed by atoms with van der Waals surface area (Å²) in [6.45, 7) is 2.81. The van der Waals surface area contributed by atoms with E-state index in [2.05, 4.69) is 15.5 Å². The monoisotopic (exact) mass is 247 g/mol. The Hall–Kier alpha value is -1.92. The van der Waals surface area contributed by atoms with Crippen molar-refractivity contribution in [3.8, 4) is 5.88 Å². The van der Waals surface area contributed by atoms with E-state index in [1.165, 1.54) is 0 Å². The van der Waals surface area contributed by atoms with E-state index >= 15 is 0 Å². The molecule has 18 heavy (non-hydrogen) atoms. The topological polar surface area (TPSA) is 78.0 Å². The van der Waals surface area contributed by atoms with Crippen molar-refractivity contribution < 1.29 is 4.74 Å².